The summed E-state index contributed by atoms with van der Waals surface area (Å²) in [4.78, 5) is 16.2. The lowest BCUT2D eigenvalue weighted by molar-refractivity contribution is -0.128. The minimum Gasteiger partial charge on any atom is -0.376 e. The maximum absolute atomic E-state index is 11.7. The molecule has 2 heterocycles. The lowest BCUT2D eigenvalue weighted by atomic mass is 10.0. The van der Waals surface area contributed by atoms with Gasteiger partial charge in [-0.15, -0.1) is 0 Å². The van der Waals surface area contributed by atoms with E-state index >= 15 is 0 Å². The number of rotatable bonds is 6. The Labute approximate surface area is 123 Å². The topological polar surface area (TPSA) is 32.8 Å². The number of carbonyl (C=O) groups is 1. The van der Waals surface area contributed by atoms with E-state index in [0.29, 0.717) is 23.8 Å². The molecular formula is C16H30N2O2. The lowest BCUT2D eigenvalue weighted by Gasteiger charge is -2.35. The molecule has 2 aliphatic rings. The molecule has 0 aromatic carbocycles. The van der Waals surface area contributed by atoms with Crippen molar-refractivity contribution in [1.29, 1.82) is 0 Å². The van der Waals surface area contributed by atoms with Crippen molar-refractivity contribution in [1.82, 2.24) is 9.80 Å². The number of likely N-dealkylation sites (tertiary alicyclic amines) is 1. The molecule has 0 N–H and O–H groups in total. The largest absolute Gasteiger partial charge is 0.376 e. The highest BCUT2D eigenvalue weighted by molar-refractivity contribution is 5.78. The van der Waals surface area contributed by atoms with Crippen LogP contribution in [0.15, 0.2) is 0 Å². The third-order valence-electron chi connectivity index (χ3n) is 4.21. The highest BCUT2D eigenvalue weighted by atomic mass is 16.5. The molecule has 2 saturated heterocycles. The zero-order valence-corrected chi connectivity index (χ0v) is 13.3. The average molecular weight is 282 g/mol. The molecule has 0 aromatic heterocycles. The maximum Gasteiger partial charge on any atom is 0.222 e. The summed E-state index contributed by atoms with van der Waals surface area (Å²) < 4.78 is 5.91. The van der Waals surface area contributed by atoms with Crippen LogP contribution in [-0.2, 0) is 9.53 Å². The highest BCUT2D eigenvalue weighted by Gasteiger charge is 2.26. The fourth-order valence-corrected chi connectivity index (χ4v) is 3.40. The molecule has 116 valence electrons. The standard InChI is InChI=1S/C16H30N2O2/c1-13(2)10-17-7-8-20-15(12-17)9-14(3)11-18-6-4-5-16(18)19/h13-15H,4-12H2,1-3H3. The van der Waals surface area contributed by atoms with E-state index < -0.39 is 0 Å². The van der Waals surface area contributed by atoms with Gasteiger partial charge >= 0.3 is 0 Å². The molecule has 2 unspecified atom stereocenters. The minimum atomic E-state index is 0.336. The van der Waals surface area contributed by atoms with E-state index in [2.05, 4.69) is 25.7 Å². The molecule has 0 aromatic rings. The summed E-state index contributed by atoms with van der Waals surface area (Å²) in [7, 11) is 0. The van der Waals surface area contributed by atoms with Crippen LogP contribution >= 0.6 is 0 Å². The molecule has 2 aliphatic heterocycles. The second-order valence-corrected chi connectivity index (χ2v) is 6.93. The van der Waals surface area contributed by atoms with Gasteiger partial charge in [0.05, 0.1) is 12.7 Å². The molecular weight excluding hydrogens is 252 g/mol. The number of hydrogen-bond donors (Lipinski definition) is 0. The molecule has 20 heavy (non-hydrogen) atoms. The van der Waals surface area contributed by atoms with E-state index in [4.69, 9.17) is 4.74 Å². The van der Waals surface area contributed by atoms with E-state index in [-0.39, 0.29) is 0 Å². The fraction of sp³-hybridized carbons (Fsp3) is 0.938. The predicted octanol–water partition coefficient (Wildman–Crippen LogP) is 1.99. The van der Waals surface area contributed by atoms with Gasteiger partial charge in [0.25, 0.3) is 0 Å². The first-order valence-corrected chi connectivity index (χ1v) is 8.16. The monoisotopic (exact) mass is 282 g/mol. The van der Waals surface area contributed by atoms with Gasteiger partial charge in [-0.05, 0) is 24.7 Å². The summed E-state index contributed by atoms with van der Waals surface area (Å²) in [6, 6.07) is 0. The van der Waals surface area contributed by atoms with Gasteiger partial charge in [0.2, 0.25) is 5.91 Å². The molecule has 2 rings (SSSR count). The number of carbonyl (C=O) groups excluding carboxylic acids is 1. The van der Waals surface area contributed by atoms with Crippen molar-refractivity contribution in [3.8, 4) is 0 Å². The van der Waals surface area contributed by atoms with E-state index in [1.807, 2.05) is 4.90 Å². The van der Waals surface area contributed by atoms with Gasteiger partial charge < -0.3 is 9.64 Å². The van der Waals surface area contributed by atoms with Gasteiger partial charge in [-0.3, -0.25) is 9.69 Å². The Hall–Kier alpha value is -0.610. The van der Waals surface area contributed by atoms with Crippen molar-refractivity contribution in [2.75, 3.05) is 39.3 Å². The van der Waals surface area contributed by atoms with Crippen LogP contribution in [0.25, 0.3) is 0 Å². The molecule has 1 amide bonds. The molecule has 2 fully saturated rings. The van der Waals surface area contributed by atoms with Gasteiger partial charge in [-0.1, -0.05) is 20.8 Å². The molecule has 0 radical (unpaired) electrons. The Morgan fingerprint density at radius 2 is 2.05 bits per heavy atom. The van der Waals surface area contributed by atoms with Crippen LogP contribution in [0.3, 0.4) is 0 Å². The minimum absolute atomic E-state index is 0.336. The number of hydrogen-bond acceptors (Lipinski definition) is 3. The van der Waals surface area contributed by atoms with Gasteiger partial charge in [0, 0.05) is 39.1 Å². The van der Waals surface area contributed by atoms with Crippen LogP contribution in [0.4, 0.5) is 0 Å². The third kappa shape index (κ3) is 4.74. The molecule has 0 bridgehead atoms. The van der Waals surface area contributed by atoms with Crippen molar-refractivity contribution < 1.29 is 9.53 Å². The Balaban J connectivity index is 1.72. The third-order valence-corrected chi connectivity index (χ3v) is 4.21. The van der Waals surface area contributed by atoms with Crippen molar-refractivity contribution in [3.05, 3.63) is 0 Å². The summed E-state index contributed by atoms with van der Waals surface area (Å²) in [5.41, 5.74) is 0. The Kier molecular flexibility index (Phi) is 5.85. The van der Waals surface area contributed by atoms with Crippen LogP contribution in [-0.4, -0.2) is 61.1 Å². The van der Waals surface area contributed by atoms with E-state index in [9.17, 15) is 4.79 Å². The van der Waals surface area contributed by atoms with Gasteiger partial charge in [-0.2, -0.15) is 0 Å². The fourth-order valence-electron chi connectivity index (χ4n) is 3.40. The number of morpholine rings is 1. The maximum atomic E-state index is 11.7. The highest BCUT2D eigenvalue weighted by Crippen LogP contribution is 2.18. The van der Waals surface area contributed by atoms with Crippen LogP contribution in [0, 0.1) is 11.8 Å². The quantitative estimate of drug-likeness (QED) is 0.747. The average Bonchev–Trinajstić information content (AvgIpc) is 2.74. The summed E-state index contributed by atoms with van der Waals surface area (Å²) >= 11 is 0. The molecule has 0 saturated carbocycles. The van der Waals surface area contributed by atoms with E-state index in [1.165, 1.54) is 6.54 Å². The zero-order chi connectivity index (χ0) is 14.5. The lowest BCUT2D eigenvalue weighted by Crippen LogP contribution is -2.45. The molecule has 2 atom stereocenters. The van der Waals surface area contributed by atoms with Crippen molar-refractivity contribution in [3.63, 3.8) is 0 Å². The predicted molar refractivity (Wildman–Crippen MR) is 80.6 cm³/mol. The van der Waals surface area contributed by atoms with E-state index in [0.717, 1.165) is 52.0 Å². The molecule has 0 spiro atoms. The van der Waals surface area contributed by atoms with Crippen LogP contribution < -0.4 is 0 Å². The number of amides is 1. The number of nitrogens with zero attached hydrogens (tertiary/aromatic N) is 2. The van der Waals surface area contributed by atoms with E-state index in [1.54, 1.807) is 0 Å². The first-order chi connectivity index (χ1) is 9.54. The van der Waals surface area contributed by atoms with Crippen LogP contribution in [0.2, 0.25) is 0 Å². The van der Waals surface area contributed by atoms with Gasteiger partial charge in [-0.25, -0.2) is 0 Å². The van der Waals surface area contributed by atoms with Crippen molar-refractivity contribution in [2.45, 2.75) is 46.1 Å². The SMILES string of the molecule is CC(C)CN1CCOC(CC(C)CN2CCCC2=O)C1. The smallest absolute Gasteiger partial charge is 0.222 e. The van der Waals surface area contributed by atoms with Gasteiger partial charge in [0.15, 0.2) is 0 Å². The van der Waals surface area contributed by atoms with Crippen LogP contribution in [0.1, 0.15) is 40.0 Å². The number of ether oxygens (including phenoxy) is 1. The van der Waals surface area contributed by atoms with Gasteiger partial charge in [0.1, 0.15) is 0 Å². The molecule has 0 aliphatic carbocycles. The molecule has 4 heteroatoms. The zero-order valence-electron chi connectivity index (χ0n) is 13.3. The Morgan fingerprint density at radius 1 is 1.25 bits per heavy atom. The molecule has 4 nitrogen and oxygen atoms in total. The summed E-state index contributed by atoms with van der Waals surface area (Å²) in [5, 5.41) is 0. The summed E-state index contributed by atoms with van der Waals surface area (Å²) in [6.07, 6.45) is 3.19. The second kappa shape index (κ2) is 7.41. The summed E-state index contributed by atoms with van der Waals surface area (Å²) in [5.74, 6) is 1.58. The Bertz CT molecular complexity index is 320. The summed E-state index contributed by atoms with van der Waals surface area (Å²) in [6.45, 7) is 12.8. The van der Waals surface area contributed by atoms with Crippen molar-refractivity contribution in [2.24, 2.45) is 11.8 Å². The normalized spacial score (nSPS) is 26.5. The first-order valence-electron chi connectivity index (χ1n) is 8.16. The second-order valence-electron chi connectivity index (χ2n) is 6.93. The van der Waals surface area contributed by atoms with Crippen molar-refractivity contribution >= 4 is 5.91 Å². The first kappa shape index (κ1) is 15.8. The Morgan fingerprint density at radius 3 is 2.70 bits per heavy atom. The van der Waals surface area contributed by atoms with Crippen LogP contribution in [0.5, 0.6) is 0 Å².